The molecular weight excluding hydrogens is 272 g/mol. The van der Waals surface area contributed by atoms with Crippen LogP contribution in [0, 0.1) is 5.82 Å². The minimum atomic E-state index is -4.52. The van der Waals surface area contributed by atoms with Crippen molar-refractivity contribution in [1.29, 1.82) is 0 Å². The smallest absolute Gasteiger partial charge is 0.330 e. The van der Waals surface area contributed by atoms with Crippen LogP contribution < -0.4 is 11.5 Å². The van der Waals surface area contributed by atoms with E-state index in [0.717, 1.165) is 12.1 Å². The van der Waals surface area contributed by atoms with Gasteiger partial charge in [-0.1, -0.05) is 0 Å². The first-order valence-corrected chi connectivity index (χ1v) is 5.18. The largest absolute Gasteiger partial charge is 0.416 e. The summed E-state index contributed by atoms with van der Waals surface area (Å²) in [5.41, 5.74) is 9.78. The molecule has 0 aliphatic carbocycles. The zero-order valence-electron chi connectivity index (χ0n) is 9.51. The average molecular weight is 287 g/mol. The van der Waals surface area contributed by atoms with Crippen LogP contribution in [0.4, 0.5) is 17.6 Å². The zero-order chi connectivity index (χ0) is 13.1. The van der Waals surface area contributed by atoms with E-state index >= 15 is 0 Å². The van der Waals surface area contributed by atoms with E-state index in [-0.39, 0.29) is 18.0 Å². The Morgan fingerprint density at radius 2 is 1.83 bits per heavy atom. The van der Waals surface area contributed by atoms with Gasteiger partial charge in [0.2, 0.25) is 0 Å². The van der Waals surface area contributed by atoms with Gasteiger partial charge >= 0.3 is 6.18 Å². The second kappa shape index (κ2) is 6.92. The molecule has 0 fully saturated rings. The van der Waals surface area contributed by atoms with Crippen molar-refractivity contribution in [1.82, 2.24) is 0 Å². The van der Waals surface area contributed by atoms with E-state index in [4.69, 9.17) is 11.5 Å². The molecule has 0 amide bonds. The average Bonchev–Trinajstić information content (AvgIpc) is 2.24. The first kappa shape index (κ1) is 17.2. The van der Waals surface area contributed by atoms with E-state index in [2.05, 4.69) is 0 Å². The molecule has 0 radical (unpaired) electrons. The Bertz CT molecular complexity index is 382. The van der Waals surface area contributed by atoms with Crippen LogP contribution in [0.2, 0.25) is 0 Å². The molecule has 18 heavy (non-hydrogen) atoms. The minimum absolute atomic E-state index is 0. The lowest BCUT2D eigenvalue weighted by Gasteiger charge is -2.18. The second-order valence-electron chi connectivity index (χ2n) is 3.77. The summed E-state index contributed by atoms with van der Waals surface area (Å²) in [6, 6.07) is 1.48. The molecule has 1 rings (SSSR count). The molecule has 0 aromatic heterocycles. The number of rotatable bonds is 4. The SMILES string of the molecule is Cl.NCCC[C@@H](N)c1cc(F)ccc1C(F)(F)F. The first-order valence-electron chi connectivity index (χ1n) is 5.18. The Hall–Kier alpha value is -0.850. The maximum absolute atomic E-state index is 13.0. The third kappa shape index (κ3) is 4.44. The highest BCUT2D eigenvalue weighted by molar-refractivity contribution is 5.85. The summed E-state index contributed by atoms with van der Waals surface area (Å²) in [7, 11) is 0. The van der Waals surface area contributed by atoms with Crippen molar-refractivity contribution >= 4 is 12.4 Å². The highest BCUT2D eigenvalue weighted by Gasteiger charge is 2.34. The zero-order valence-corrected chi connectivity index (χ0v) is 10.3. The topological polar surface area (TPSA) is 52.0 Å². The molecule has 0 saturated carbocycles. The Balaban J connectivity index is 0.00000289. The molecule has 7 heteroatoms. The van der Waals surface area contributed by atoms with Crippen LogP contribution in [0.1, 0.15) is 30.0 Å². The standard InChI is InChI=1S/C11H14F4N2.ClH/c12-7-3-4-9(11(13,14)15)8(6-7)10(17)2-1-5-16;/h3-4,6,10H,1-2,5,16-17H2;1H/t10-;/m1./s1. The number of hydrogen-bond donors (Lipinski definition) is 2. The van der Waals surface area contributed by atoms with E-state index in [1.807, 2.05) is 0 Å². The van der Waals surface area contributed by atoms with Crippen LogP contribution in [-0.2, 0) is 6.18 Å². The van der Waals surface area contributed by atoms with Crippen molar-refractivity contribution in [2.75, 3.05) is 6.54 Å². The molecule has 0 saturated heterocycles. The van der Waals surface area contributed by atoms with Gasteiger partial charge in [-0.05, 0) is 43.1 Å². The van der Waals surface area contributed by atoms with E-state index in [0.29, 0.717) is 25.5 Å². The fourth-order valence-corrected chi connectivity index (χ4v) is 1.59. The van der Waals surface area contributed by atoms with Gasteiger partial charge in [-0.3, -0.25) is 0 Å². The lowest BCUT2D eigenvalue weighted by Crippen LogP contribution is -2.18. The van der Waals surface area contributed by atoms with Gasteiger partial charge in [0.1, 0.15) is 5.82 Å². The summed E-state index contributed by atoms with van der Waals surface area (Å²) in [6.07, 6.45) is -3.73. The Morgan fingerprint density at radius 3 is 2.33 bits per heavy atom. The van der Waals surface area contributed by atoms with Gasteiger partial charge < -0.3 is 11.5 Å². The summed E-state index contributed by atoms with van der Waals surface area (Å²) in [4.78, 5) is 0. The molecule has 0 aliphatic heterocycles. The maximum Gasteiger partial charge on any atom is 0.416 e. The van der Waals surface area contributed by atoms with Gasteiger partial charge in [-0.15, -0.1) is 12.4 Å². The van der Waals surface area contributed by atoms with E-state index in [1.165, 1.54) is 0 Å². The van der Waals surface area contributed by atoms with Gasteiger partial charge in [-0.25, -0.2) is 4.39 Å². The number of alkyl halides is 3. The van der Waals surface area contributed by atoms with E-state index < -0.39 is 23.6 Å². The number of halogens is 5. The third-order valence-corrected chi connectivity index (χ3v) is 2.44. The number of benzene rings is 1. The molecule has 2 nitrogen and oxygen atoms in total. The molecule has 0 heterocycles. The van der Waals surface area contributed by atoms with Gasteiger partial charge in [0, 0.05) is 6.04 Å². The summed E-state index contributed by atoms with van der Waals surface area (Å²) in [6.45, 7) is 0.338. The van der Waals surface area contributed by atoms with Crippen LogP contribution in [0.3, 0.4) is 0 Å². The predicted octanol–water partition coefficient (Wildman–Crippen LogP) is 3.01. The molecule has 1 atom stereocenters. The van der Waals surface area contributed by atoms with Crippen LogP contribution >= 0.6 is 12.4 Å². The van der Waals surface area contributed by atoms with Crippen LogP contribution in [-0.4, -0.2) is 6.54 Å². The van der Waals surface area contributed by atoms with Gasteiger partial charge in [0.15, 0.2) is 0 Å². The molecule has 1 aromatic carbocycles. The quantitative estimate of drug-likeness (QED) is 0.836. The van der Waals surface area contributed by atoms with Crippen molar-refractivity contribution in [2.24, 2.45) is 11.5 Å². The summed E-state index contributed by atoms with van der Waals surface area (Å²) < 4.78 is 50.9. The lowest BCUT2D eigenvalue weighted by atomic mass is 9.97. The maximum atomic E-state index is 13.0. The van der Waals surface area contributed by atoms with Crippen LogP contribution in [0.15, 0.2) is 18.2 Å². The first-order chi connectivity index (χ1) is 7.86. The molecule has 0 aliphatic rings. The minimum Gasteiger partial charge on any atom is -0.330 e. The predicted molar refractivity (Wildman–Crippen MR) is 63.9 cm³/mol. The van der Waals surface area contributed by atoms with Crippen LogP contribution in [0.5, 0.6) is 0 Å². The summed E-state index contributed by atoms with van der Waals surface area (Å²) in [5, 5.41) is 0. The molecule has 0 spiro atoms. The van der Waals surface area contributed by atoms with Crippen molar-refractivity contribution in [3.63, 3.8) is 0 Å². The Kier molecular flexibility index (Phi) is 6.59. The van der Waals surface area contributed by atoms with Crippen molar-refractivity contribution in [2.45, 2.75) is 25.1 Å². The van der Waals surface area contributed by atoms with Gasteiger partial charge in [0.05, 0.1) is 5.56 Å². The Labute approximate surface area is 109 Å². The van der Waals surface area contributed by atoms with Crippen molar-refractivity contribution in [3.8, 4) is 0 Å². The fourth-order valence-electron chi connectivity index (χ4n) is 1.59. The number of hydrogen-bond acceptors (Lipinski definition) is 2. The molecule has 0 bridgehead atoms. The fraction of sp³-hybridized carbons (Fsp3) is 0.455. The summed E-state index contributed by atoms with van der Waals surface area (Å²) in [5.74, 6) is -0.726. The molecule has 0 unspecified atom stereocenters. The molecular formula is C11H15ClF4N2. The molecule has 4 N–H and O–H groups in total. The molecule has 104 valence electrons. The normalized spacial score (nSPS) is 13.0. The van der Waals surface area contributed by atoms with Gasteiger partial charge in [0.25, 0.3) is 0 Å². The van der Waals surface area contributed by atoms with E-state index in [1.54, 1.807) is 0 Å². The Morgan fingerprint density at radius 1 is 1.22 bits per heavy atom. The number of nitrogens with two attached hydrogens (primary N) is 2. The summed E-state index contributed by atoms with van der Waals surface area (Å²) >= 11 is 0. The highest BCUT2D eigenvalue weighted by atomic mass is 35.5. The third-order valence-electron chi connectivity index (χ3n) is 2.44. The lowest BCUT2D eigenvalue weighted by molar-refractivity contribution is -0.138. The second-order valence-corrected chi connectivity index (χ2v) is 3.77. The van der Waals surface area contributed by atoms with Crippen molar-refractivity contribution in [3.05, 3.63) is 35.1 Å². The van der Waals surface area contributed by atoms with Crippen LogP contribution in [0.25, 0.3) is 0 Å². The van der Waals surface area contributed by atoms with Crippen molar-refractivity contribution < 1.29 is 17.6 Å². The van der Waals surface area contributed by atoms with Gasteiger partial charge in [-0.2, -0.15) is 13.2 Å². The molecule has 1 aromatic rings. The monoisotopic (exact) mass is 286 g/mol. The van der Waals surface area contributed by atoms with E-state index in [9.17, 15) is 17.6 Å². The highest BCUT2D eigenvalue weighted by Crippen LogP contribution is 2.35.